The summed E-state index contributed by atoms with van der Waals surface area (Å²) in [7, 11) is 1.50. The number of benzene rings is 2. The van der Waals surface area contributed by atoms with Gasteiger partial charge < -0.3 is 19.5 Å². The van der Waals surface area contributed by atoms with Gasteiger partial charge in [-0.2, -0.15) is 0 Å². The molecule has 2 N–H and O–H groups in total. The summed E-state index contributed by atoms with van der Waals surface area (Å²) in [5.41, 5.74) is 2.53. The fourth-order valence-electron chi connectivity index (χ4n) is 5.97. The number of ketones is 1. The molecule has 0 saturated carbocycles. The molecule has 0 radical (unpaired) electrons. The summed E-state index contributed by atoms with van der Waals surface area (Å²) in [6, 6.07) is 9.85. The molecule has 2 saturated heterocycles. The van der Waals surface area contributed by atoms with Gasteiger partial charge in [0.25, 0.3) is 11.8 Å². The van der Waals surface area contributed by atoms with E-state index < -0.39 is 17.6 Å². The monoisotopic (exact) mass is 537 g/mol. The quantitative estimate of drug-likeness (QED) is 0.447. The van der Waals surface area contributed by atoms with E-state index in [1.165, 1.54) is 24.3 Å². The van der Waals surface area contributed by atoms with Gasteiger partial charge in [-0.3, -0.25) is 19.3 Å². The van der Waals surface area contributed by atoms with Crippen molar-refractivity contribution >= 4 is 23.3 Å². The molecule has 39 heavy (non-hydrogen) atoms. The normalized spacial score (nSPS) is 23.2. The van der Waals surface area contributed by atoms with Gasteiger partial charge in [0.1, 0.15) is 11.6 Å². The van der Waals surface area contributed by atoms with Crippen LogP contribution in [0.2, 0.25) is 0 Å². The third-order valence-electron chi connectivity index (χ3n) is 8.24. The van der Waals surface area contributed by atoms with E-state index in [2.05, 4.69) is 11.8 Å². The first-order valence-electron chi connectivity index (χ1n) is 13.5. The molecular formula is C29H36FN5O4. The number of halogens is 1. The van der Waals surface area contributed by atoms with Crippen molar-refractivity contribution in [3.8, 4) is 5.75 Å². The van der Waals surface area contributed by atoms with Gasteiger partial charge in [0.05, 0.1) is 24.3 Å². The van der Waals surface area contributed by atoms with Crippen molar-refractivity contribution in [3.63, 3.8) is 0 Å². The highest BCUT2D eigenvalue weighted by Gasteiger charge is 2.40. The number of carbonyl (C=O) groups excluding carboxylic acids is 3. The zero-order valence-corrected chi connectivity index (χ0v) is 22.7. The molecule has 3 aliphatic heterocycles. The van der Waals surface area contributed by atoms with Gasteiger partial charge in [0.2, 0.25) is 5.78 Å². The summed E-state index contributed by atoms with van der Waals surface area (Å²) in [6.07, 6.45) is 1.79. The maximum Gasteiger partial charge on any atom is 0.290 e. The Hall–Kier alpha value is -3.50. The molecule has 0 bridgehead atoms. The highest BCUT2D eigenvalue weighted by atomic mass is 19.1. The molecular weight excluding hydrogens is 501 g/mol. The number of hydrogen-bond acceptors (Lipinski definition) is 7. The Kier molecular flexibility index (Phi) is 7.59. The maximum absolute atomic E-state index is 13.9. The third-order valence-corrected chi connectivity index (χ3v) is 8.24. The molecule has 2 aromatic rings. The van der Waals surface area contributed by atoms with Gasteiger partial charge in [0, 0.05) is 57.4 Å². The van der Waals surface area contributed by atoms with Crippen LogP contribution in [0.3, 0.4) is 0 Å². The van der Waals surface area contributed by atoms with Crippen LogP contribution in [0.1, 0.15) is 54.1 Å². The number of likely N-dealkylation sites (tertiary alicyclic amines) is 1. The number of rotatable bonds is 6. The Balaban J connectivity index is 1.37. The SMILES string of the molecule is COc1cc2c(cc1C(=O)N1C[C@H](C)N(Cc3ccc(F)cc3)C[C@H]1C)C(C(=O)C(=O)N1CCCC1)CN2N. The lowest BCUT2D eigenvalue weighted by molar-refractivity contribution is -0.144. The van der Waals surface area contributed by atoms with Crippen LogP contribution in [0.25, 0.3) is 0 Å². The zero-order valence-electron chi connectivity index (χ0n) is 22.7. The minimum Gasteiger partial charge on any atom is -0.496 e. The minimum atomic E-state index is -0.737. The standard InChI is InChI=1S/C29H36FN5O4/c1-18-15-34(19(2)14-33(18)16-20-6-8-21(30)9-7-20)28(37)23-12-22-24(17-35(31)25(22)13-26(23)39-3)27(36)29(38)32-10-4-5-11-32/h6-9,12-13,18-19,24H,4-5,10-11,14-17,31H2,1-3H3/t18-,19+,24?/m0/s1. The van der Waals surface area contributed by atoms with Crippen LogP contribution in [0.4, 0.5) is 10.1 Å². The van der Waals surface area contributed by atoms with Crippen LogP contribution in [-0.4, -0.2) is 84.2 Å². The van der Waals surface area contributed by atoms with Crippen molar-refractivity contribution in [2.45, 2.75) is 51.2 Å². The van der Waals surface area contributed by atoms with E-state index in [0.29, 0.717) is 55.3 Å². The predicted octanol–water partition coefficient (Wildman–Crippen LogP) is 2.54. The van der Waals surface area contributed by atoms with E-state index in [0.717, 1.165) is 18.4 Å². The molecule has 3 heterocycles. The fourth-order valence-corrected chi connectivity index (χ4v) is 5.97. The summed E-state index contributed by atoms with van der Waals surface area (Å²) >= 11 is 0. The van der Waals surface area contributed by atoms with Crippen LogP contribution < -0.4 is 15.6 Å². The van der Waals surface area contributed by atoms with Crippen molar-refractivity contribution in [1.82, 2.24) is 14.7 Å². The first-order chi connectivity index (χ1) is 18.7. The van der Waals surface area contributed by atoms with Gasteiger partial charge in [-0.05, 0) is 56.0 Å². The number of nitrogens with zero attached hydrogens (tertiary/aromatic N) is 4. The second-order valence-electron chi connectivity index (χ2n) is 10.9. The molecule has 2 fully saturated rings. The van der Waals surface area contributed by atoms with Crippen molar-refractivity contribution in [1.29, 1.82) is 0 Å². The van der Waals surface area contributed by atoms with Crippen molar-refractivity contribution in [2.75, 3.05) is 44.8 Å². The highest BCUT2D eigenvalue weighted by molar-refractivity contribution is 6.38. The summed E-state index contributed by atoms with van der Waals surface area (Å²) in [4.78, 5) is 45.8. The van der Waals surface area contributed by atoms with E-state index in [9.17, 15) is 18.8 Å². The number of piperazine rings is 1. The predicted molar refractivity (Wildman–Crippen MR) is 145 cm³/mol. The van der Waals surface area contributed by atoms with E-state index in [1.54, 1.807) is 29.2 Å². The maximum atomic E-state index is 13.9. The number of ether oxygens (including phenoxy) is 1. The second-order valence-corrected chi connectivity index (χ2v) is 10.9. The van der Waals surface area contributed by atoms with Crippen molar-refractivity contribution < 1.29 is 23.5 Å². The number of carbonyl (C=O) groups is 3. The topological polar surface area (TPSA) is 99.4 Å². The summed E-state index contributed by atoms with van der Waals surface area (Å²) in [5, 5.41) is 1.45. The van der Waals surface area contributed by atoms with Crippen molar-refractivity contribution in [3.05, 3.63) is 58.9 Å². The smallest absolute Gasteiger partial charge is 0.290 e. The van der Waals surface area contributed by atoms with Crippen LogP contribution in [0, 0.1) is 5.82 Å². The molecule has 0 spiro atoms. The molecule has 9 nitrogen and oxygen atoms in total. The molecule has 208 valence electrons. The lowest BCUT2D eigenvalue weighted by Crippen LogP contribution is -2.57. The van der Waals surface area contributed by atoms with Gasteiger partial charge in [-0.25, -0.2) is 10.2 Å². The molecule has 2 amide bonds. The average Bonchev–Trinajstić information content (AvgIpc) is 3.58. The fraction of sp³-hybridized carbons (Fsp3) is 0.483. The van der Waals surface area contributed by atoms with Crippen LogP contribution in [-0.2, 0) is 16.1 Å². The molecule has 0 aliphatic carbocycles. The number of anilines is 1. The largest absolute Gasteiger partial charge is 0.496 e. The lowest BCUT2D eigenvalue weighted by Gasteiger charge is -2.44. The number of nitrogens with two attached hydrogens (primary N) is 1. The number of fused-ring (bicyclic) bond motifs is 1. The van der Waals surface area contributed by atoms with Crippen LogP contribution in [0.5, 0.6) is 5.75 Å². The number of Topliss-reactive ketones (excluding diaryl/α,β-unsaturated/α-hetero) is 1. The minimum absolute atomic E-state index is 0.0718. The number of methoxy groups -OCH3 is 1. The molecule has 2 aromatic carbocycles. The van der Waals surface area contributed by atoms with E-state index in [1.807, 2.05) is 11.8 Å². The molecule has 1 unspecified atom stereocenters. The second kappa shape index (κ2) is 10.9. The van der Waals surface area contributed by atoms with Gasteiger partial charge >= 0.3 is 0 Å². The Labute approximate surface area is 228 Å². The van der Waals surface area contributed by atoms with E-state index in [4.69, 9.17) is 10.6 Å². The average molecular weight is 538 g/mol. The van der Waals surface area contributed by atoms with E-state index in [-0.39, 0.29) is 30.4 Å². The molecule has 5 rings (SSSR count). The first-order valence-corrected chi connectivity index (χ1v) is 13.5. The van der Waals surface area contributed by atoms with Gasteiger partial charge in [-0.15, -0.1) is 0 Å². The lowest BCUT2D eigenvalue weighted by atomic mass is 9.93. The van der Waals surface area contributed by atoms with Gasteiger partial charge in [-0.1, -0.05) is 12.1 Å². The molecule has 3 aliphatic rings. The Morgan fingerprint density at radius 1 is 1.00 bits per heavy atom. The van der Waals surface area contributed by atoms with Crippen molar-refractivity contribution in [2.24, 2.45) is 5.84 Å². The highest BCUT2D eigenvalue weighted by Crippen LogP contribution is 2.40. The zero-order chi connectivity index (χ0) is 27.8. The number of hydrazine groups is 1. The Bertz CT molecular complexity index is 1260. The molecule has 10 heteroatoms. The summed E-state index contributed by atoms with van der Waals surface area (Å²) < 4.78 is 18.9. The summed E-state index contributed by atoms with van der Waals surface area (Å²) in [5.74, 6) is 4.43. The Morgan fingerprint density at radius 2 is 1.69 bits per heavy atom. The summed E-state index contributed by atoms with van der Waals surface area (Å²) in [6.45, 7) is 7.24. The van der Waals surface area contributed by atoms with Gasteiger partial charge in [0.15, 0.2) is 0 Å². The number of hydrogen-bond donors (Lipinski definition) is 1. The van der Waals surface area contributed by atoms with Crippen LogP contribution in [0.15, 0.2) is 36.4 Å². The third kappa shape index (κ3) is 5.23. The first kappa shape index (κ1) is 27.1. The van der Waals surface area contributed by atoms with E-state index >= 15 is 0 Å². The molecule has 0 aromatic heterocycles. The van der Waals surface area contributed by atoms with Crippen LogP contribution >= 0.6 is 0 Å². The molecule has 3 atom stereocenters. The Morgan fingerprint density at radius 3 is 2.36 bits per heavy atom. The number of amides is 2.